The Labute approximate surface area is 112 Å². The van der Waals surface area contributed by atoms with Crippen LogP contribution in [0, 0.1) is 0 Å². The summed E-state index contributed by atoms with van der Waals surface area (Å²) in [5.74, 6) is -1.10. The summed E-state index contributed by atoms with van der Waals surface area (Å²) in [5, 5.41) is 4.07. The summed E-state index contributed by atoms with van der Waals surface area (Å²) in [6, 6.07) is 6.23. The summed E-state index contributed by atoms with van der Waals surface area (Å²) in [5.41, 5.74) is 0.981. The predicted molar refractivity (Wildman–Crippen MR) is 69.7 cm³/mol. The summed E-state index contributed by atoms with van der Waals surface area (Å²) in [6.45, 7) is 0. The lowest BCUT2D eigenvalue weighted by atomic mass is 10.2. The van der Waals surface area contributed by atoms with Crippen LogP contribution in [0.2, 0.25) is 0 Å². The zero-order valence-electron chi connectivity index (χ0n) is 9.51. The van der Waals surface area contributed by atoms with Gasteiger partial charge in [0.05, 0.1) is 4.91 Å². The van der Waals surface area contributed by atoms with E-state index in [0.29, 0.717) is 29.3 Å². The van der Waals surface area contributed by atoms with Crippen LogP contribution in [0.4, 0.5) is 10.5 Å². The van der Waals surface area contributed by atoms with Gasteiger partial charge in [-0.25, -0.2) is 0 Å². The van der Waals surface area contributed by atoms with Crippen molar-refractivity contribution in [2.45, 2.75) is 0 Å². The third kappa shape index (κ3) is 3.29. The van der Waals surface area contributed by atoms with E-state index in [4.69, 9.17) is 0 Å². The van der Waals surface area contributed by atoms with E-state index < -0.39 is 17.1 Å². The van der Waals surface area contributed by atoms with Crippen LogP contribution in [0.3, 0.4) is 0 Å². The molecule has 0 atom stereocenters. The molecule has 2 N–H and O–H groups in total. The number of hydrogen-bond donors (Lipinski definition) is 2. The average Bonchev–Trinajstić information content (AvgIpc) is 2.68. The maximum Gasteiger partial charge on any atom is 0.290 e. The number of thioether (sulfide) groups is 1. The Bertz CT molecular complexity index is 592. The Kier molecular flexibility index (Phi) is 3.76. The maximum atomic E-state index is 11.6. The van der Waals surface area contributed by atoms with Crippen molar-refractivity contribution in [3.8, 4) is 0 Å². The van der Waals surface area contributed by atoms with Crippen LogP contribution in [0.5, 0.6) is 0 Å². The Morgan fingerprint density at radius 1 is 1.21 bits per heavy atom. The molecule has 1 aromatic carbocycles. The second-order valence-corrected chi connectivity index (χ2v) is 4.60. The first-order valence-corrected chi connectivity index (χ1v) is 6.01. The first kappa shape index (κ1) is 13.0. The largest absolute Gasteiger partial charge is 0.322 e. The smallest absolute Gasteiger partial charge is 0.290 e. The third-order valence-electron chi connectivity index (χ3n) is 2.22. The molecular weight excluding hydrogens is 268 g/mol. The summed E-state index contributed by atoms with van der Waals surface area (Å²) < 4.78 is 0. The molecule has 1 aliphatic heterocycles. The fourth-order valence-electron chi connectivity index (χ4n) is 1.36. The van der Waals surface area contributed by atoms with E-state index in [1.165, 1.54) is 0 Å². The van der Waals surface area contributed by atoms with Gasteiger partial charge in [-0.05, 0) is 36.0 Å². The summed E-state index contributed by atoms with van der Waals surface area (Å²) in [6.07, 6.45) is 1.75. The highest BCUT2D eigenvalue weighted by Gasteiger charge is 2.25. The van der Waals surface area contributed by atoms with Crippen molar-refractivity contribution < 1.29 is 19.2 Å². The van der Waals surface area contributed by atoms with Gasteiger partial charge < -0.3 is 5.32 Å². The van der Waals surface area contributed by atoms with Crippen LogP contribution in [0.25, 0.3) is 0 Å². The third-order valence-corrected chi connectivity index (χ3v) is 3.03. The van der Waals surface area contributed by atoms with Gasteiger partial charge in [0.25, 0.3) is 11.1 Å². The van der Waals surface area contributed by atoms with Crippen molar-refractivity contribution >= 4 is 40.8 Å². The van der Waals surface area contributed by atoms with Crippen LogP contribution < -0.4 is 10.6 Å². The van der Waals surface area contributed by atoms with E-state index >= 15 is 0 Å². The number of carbonyl (C=O) groups excluding carboxylic acids is 4. The maximum absolute atomic E-state index is 11.6. The van der Waals surface area contributed by atoms with Crippen LogP contribution in [-0.2, 0) is 9.59 Å². The number of benzene rings is 1. The van der Waals surface area contributed by atoms with E-state index in [1.54, 1.807) is 24.3 Å². The lowest BCUT2D eigenvalue weighted by Gasteiger charge is -2.02. The number of nitrogens with one attached hydrogen (secondary N) is 2. The molecule has 0 spiro atoms. The van der Waals surface area contributed by atoms with Gasteiger partial charge in [0.2, 0.25) is 5.91 Å². The minimum Gasteiger partial charge on any atom is -0.322 e. The first-order chi connectivity index (χ1) is 9.08. The van der Waals surface area contributed by atoms with E-state index in [0.717, 1.165) is 6.08 Å². The lowest BCUT2D eigenvalue weighted by Crippen LogP contribution is -2.18. The summed E-state index contributed by atoms with van der Waals surface area (Å²) in [4.78, 5) is 44.2. The van der Waals surface area contributed by atoms with Crippen LogP contribution >= 0.6 is 11.8 Å². The van der Waals surface area contributed by atoms with Gasteiger partial charge in [0.1, 0.15) is 6.29 Å². The second-order valence-electron chi connectivity index (χ2n) is 3.58. The minimum atomic E-state index is -0.582. The molecule has 6 nitrogen and oxygen atoms in total. The zero-order chi connectivity index (χ0) is 13.8. The van der Waals surface area contributed by atoms with Gasteiger partial charge in [-0.3, -0.25) is 24.5 Å². The number of hydrogen-bond acceptors (Lipinski definition) is 5. The zero-order valence-corrected chi connectivity index (χ0v) is 10.3. The molecule has 7 heteroatoms. The van der Waals surface area contributed by atoms with Crippen molar-refractivity contribution in [2.75, 3.05) is 5.32 Å². The first-order valence-electron chi connectivity index (χ1n) is 5.19. The van der Waals surface area contributed by atoms with Crippen molar-refractivity contribution in [3.05, 3.63) is 40.8 Å². The molecule has 0 aliphatic carbocycles. The quantitative estimate of drug-likeness (QED) is 0.641. The normalized spacial score (nSPS) is 16.3. The molecule has 1 saturated heterocycles. The van der Waals surface area contributed by atoms with Crippen molar-refractivity contribution in [1.82, 2.24) is 5.32 Å². The molecule has 0 saturated carbocycles. The Morgan fingerprint density at radius 2 is 1.89 bits per heavy atom. The van der Waals surface area contributed by atoms with Gasteiger partial charge >= 0.3 is 0 Å². The molecule has 0 bridgehead atoms. The Hall–Kier alpha value is -2.41. The molecule has 1 fully saturated rings. The summed E-state index contributed by atoms with van der Waals surface area (Å²) in [7, 11) is 0. The van der Waals surface area contributed by atoms with Gasteiger partial charge in [0.15, 0.2) is 0 Å². The molecule has 19 heavy (non-hydrogen) atoms. The van der Waals surface area contributed by atoms with Crippen LogP contribution in [0.15, 0.2) is 35.2 Å². The van der Waals surface area contributed by atoms with E-state index in [9.17, 15) is 19.2 Å². The van der Waals surface area contributed by atoms with Crippen molar-refractivity contribution in [2.24, 2.45) is 0 Å². The molecule has 3 amide bonds. The monoisotopic (exact) mass is 276 g/mol. The standard InChI is InChI=1S/C12H8N2O4S/c15-6-7-1-3-8(4-2-7)13-10(16)5-9-11(17)14-12(18)19-9/h1-6H,(H,13,16)(H,14,17,18)/b9-5-. The van der Waals surface area contributed by atoms with E-state index in [1.807, 2.05) is 5.32 Å². The molecular formula is C12H8N2O4S. The fraction of sp³-hybridized carbons (Fsp3) is 0. The highest BCUT2D eigenvalue weighted by Crippen LogP contribution is 2.22. The van der Waals surface area contributed by atoms with Gasteiger partial charge in [-0.2, -0.15) is 0 Å². The van der Waals surface area contributed by atoms with Gasteiger partial charge in [-0.15, -0.1) is 0 Å². The molecule has 0 radical (unpaired) electrons. The highest BCUT2D eigenvalue weighted by atomic mass is 32.2. The van der Waals surface area contributed by atoms with Gasteiger partial charge in [-0.1, -0.05) is 0 Å². The lowest BCUT2D eigenvalue weighted by molar-refractivity contribution is -0.116. The number of anilines is 1. The minimum absolute atomic E-state index is 0.0482. The van der Waals surface area contributed by atoms with Crippen molar-refractivity contribution in [3.63, 3.8) is 0 Å². The molecule has 2 rings (SSSR count). The summed E-state index contributed by atoms with van der Waals surface area (Å²) >= 11 is 0.673. The molecule has 96 valence electrons. The average molecular weight is 276 g/mol. The molecule has 0 unspecified atom stereocenters. The number of aldehydes is 1. The Balaban J connectivity index is 2.04. The number of amides is 3. The molecule has 1 aromatic rings. The number of carbonyl (C=O) groups is 4. The highest BCUT2D eigenvalue weighted by molar-refractivity contribution is 8.18. The number of rotatable bonds is 3. The predicted octanol–water partition coefficient (Wildman–Crippen LogP) is 1.30. The van der Waals surface area contributed by atoms with Crippen LogP contribution in [-0.4, -0.2) is 23.3 Å². The van der Waals surface area contributed by atoms with Crippen LogP contribution in [0.1, 0.15) is 10.4 Å². The van der Waals surface area contributed by atoms with E-state index in [2.05, 4.69) is 5.32 Å². The second kappa shape index (κ2) is 5.49. The SMILES string of the molecule is O=Cc1ccc(NC(=O)/C=C2\SC(=O)NC2=O)cc1. The number of imide groups is 1. The van der Waals surface area contributed by atoms with Crippen molar-refractivity contribution in [1.29, 1.82) is 0 Å². The fourth-order valence-corrected chi connectivity index (χ4v) is 2.02. The topological polar surface area (TPSA) is 92.3 Å². The molecule has 1 aliphatic rings. The Morgan fingerprint density at radius 3 is 2.42 bits per heavy atom. The van der Waals surface area contributed by atoms with E-state index in [-0.39, 0.29) is 4.91 Å². The molecule has 0 aromatic heterocycles. The molecule has 1 heterocycles. The van der Waals surface area contributed by atoms with Gasteiger partial charge in [0, 0.05) is 17.3 Å².